The minimum Gasteiger partial charge on any atom is -0.301 e. The summed E-state index contributed by atoms with van der Waals surface area (Å²) in [5, 5.41) is 13.5. The second kappa shape index (κ2) is 5.88. The van der Waals surface area contributed by atoms with Crippen molar-refractivity contribution in [3.05, 3.63) is 62.3 Å². The summed E-state index contributed by atoms with van der Waals surface area (Å²) in [4.78, 5) is 26.4. The van der Waals surface area contributed by atoms with Crippen LogP contribution in [0.1, 0.15) is 21.5 Å². The predicted octanol–water partition coefficient (Wildman–Crippen LogP) is 3.51. The average Bonchev–Trinajstić information content (AvgIpc) is 2.41. The number of carbonyl (C=O) groups excluding carboxylic acids is 1. The van der Waals surface area contributed by atoms with Crippen LogP contribution in [0.4, 0.5) is 11.5 Å². The molecule has 0 saturated carbocycles. The number of nitrogens with zero attached hydrogens (tertiary/aromatic N) is 2. The number of hydrogen-bond donors (Lipinski definition) is 1. The molecule has 6 nitrogen and oxygen atoms in total. The molecule has 21 heavy (non-hydrogen) atoms. The second-order valence-electron chi connectivity index (χ2n) is 4.46. The summed E-state index contributed by atoms with van der Waals surface area (Å²) in [6, 6.07) is 7.78. The van der Waals surface area contributed by atoms with Crippen molar-refractivity contribution in [2.45, 2.75) is 13.8 Å². The summed E-state index contributed by atoms with van der Waals surface area (Å²) in [5.74, 6) is -0.632. The zero-order valence-electron chi connectivity index (χ0n) is 11.4. The van der Waals surface area contributed by atoms with Crippen LogP contribution in [-0.2, 0) is 0 Å². The first kappa shape index (κ1) is 14.9. The summed E-state index contributed by atoms with van der Waals surface area (Å²) in [6.07, 6.45) is 0. The Bertz CT molecular complexity index is 731. The standard InChI is InChI=1S/C14H12ClN3O3/c1-8-4-3-5-10(9(8)2)14(19)17-13-11(18(20)21)6-7-12(15)16-13/h3-7H,1-2H3,(H,16,17,19). The number of hydrogen-bond acceptors (Lipinski definition) is 4. The maximum absolute atomic E-state index is 12.3. The minimum atomic E-state index is -0.623. The van der Waals surface area contributed by atoms with Crippen molar-refractivity contribution in [3.63, 3.8) is 0 Å². The van der Waals surface area contributed by atoms with Crippen LogP contribution < -0.4 is 5.32 Å². The number of halogens is 1. The Labute approximate surface area is 125 Å². The molecule has 0 bridgehead atoms. The molecule has 0 aliphatic heterocycles. The molecule has 108 valence electrons. The fourth-order valence-corrected chi connectivity index (χ4v) is 1.99. The van der Waals surface area contributed by atoms with Crippen molar-refractivity contribution in [3.8, 4) is 0 Å². The Hall–Kier alpha value is -2.47. The van der Waals surface area contributed by atoms with E-state index in [2.05, 4.69) is 10.3 Å². The Morgan fingerprint density at radius 1 is 1.29 bits per heavy atom. The largest absolute Gasteiger partial charge is 0.311 e. The van der Waals surface area contributed by atoms with E-state index in [4.69, 9.17) is 11.6 Å². The number of nitro groups is 1. The molecule has 0 spiro atoms. The van der Waals surface area contributed by atoms with E-state index in [1.54, 1.807) is 12.1 Å². The van der Waals surface area contributed by atoms with Crippen LogP contribution in [-0.4, -0.2) is 15.8 Å². The van der Waals surface area contributed by atoms with Gasteiger partial charge in [0.1, 0.15) is 5.15 Å². The Morgan fingerprint density at radius 2 is 2.00 bits per heavy atom. The Balaban J connectivity index is 2.38. The third-order valence-electron chi connectivity index (χ3n) is 3.12. The van der Waals surface area contributed by atoms with Crippen molar-refractivity contribution < 1.29 is 9.72 Å². The quantitative estimate of drug-likeness (QED) is 0.534. The first-order chi connectivity index (χ1) is 9.90. The summed E-state index contributed by atoms with van der Waals surface area (Å²) < 4.78 is 0. The van der Waals surface area contributed by atoms with Gasteiger partial charge in [0, 0.05) is 11.6 Å². The molecule has 1 heterocycles. The molecule has 0 unspecified atom stereocenters. The van der Waals surface area contributed by atoms with Crippen LogP contribution in [0.3, 0.4) is 0 Å². The molecule has 2 rings (SSSR count). The average molecular weight is 306 g/mol. The van der Waals surface area contributed by atoms with Crippen LogP contribution in [0.2, 0.25) is 5.15 Å². The molecule has 0 radical (unpaired) electrons. The maximum Gasteiger partial charge on any atom is 0.311 e. The zero-order valence-corrected chi connectivity index (χ0v) is 12.1. The van der Waals surface area contributed by atoms with E-state index in [9.17, 15) is 14.9 Å². The van der Waals surface area contributed by atoms with Gasteiger partial charge < -0.3 is 5.32 Å². The molecule has 1 N–H and O–H groups in total. The number of aromatic nitrogens is 1. The Morgan fingerprint density at radius 3 is 2.67 bits per heavy atom. The SMILES string of the molecule is Cc1cccc(C(=O)Nc2nc(Cl)ccc2[N+](=O)[O-])c1C. The van der Waals surface area contributed by atoms with E-state index in [1.807, 2.05) is 19.9 Å². The first-order valence-corrected chi connectivity index (χ1v) is 6.46. The maximum atomic E-state index is 12.3. The van der Waals surface area contributed by atoms with Gasteiger partial charge in [-0.15, -0.1) is 0 Å². The number of benzene rings is 1. The molecule has 0 atom stereocenters. The van der Waals surface area contributed by atoms with Crippen molar-refractivity contribution >= 4 is 29.0 Å². The molecule has 0 fully saturated rings. The third kappa shape index (κ3) is 3.17. The van der Waals surface area contributed by atoms with E-state index in [0.717, 1.165) is 11.1 Å². The molecule has 0 aliphatic carbocycles. The van der Waals surface area contributed by atoms with Gasteiger partial charge in [0.05, 0.1) is 4.92 Å². The van der Waals surface area contributed by atoms with Crippen molar-refractivity contribution in [1.29, 1.82) is 0 Å². The third-order valence-corrected chi connectivity index (χ3v) is 3.33. The molecule has 1 aromatic carbocycles. The number of pyridine rings is 1. The fourth-order valence-electron chi connectivity index (χ4n) is 1.84. The lowest BCUT2D eigenvalue weighted by Crippen LogP contribution is -2.16. The lowest BCUT2D eigenvalue weighted by molar-refractivity contribution is -0.384. The summed E-state index contributed by atoms with van der Waals surface area (Å²) in [5.41, 5.74) is 1.89. The van der Waals surface area contributed by atoms with Crippen LogP contribution in [0.25, 0.3) is 0 Å². The van der Waals surface area contributed by atoms with Gasteiger partial charge in [-0.25, -0.2) is 4.98 Å². The summed E-state index contributed by atoms with van der Waals surface area (Å²) >= 11 is 5.72. The highest BCUT2D eigenvalue weighted by atomic mass is 35.5. The monoisotopic (exact) mass is 305 g/mol. The van der Waals surface area contributed by atoms with Gasteiger partial charge in [-0.3, -0.25) is 14.9 Å². The molecule has 2 aromatic rings. The van der Waals surface area contributed by atoms with Crippen LogP contribution in [0.15, 0.2) is 30.3 Å². The van der Waals surface area contributed by atoms with E-state index in [0.29, 0.717) is 5.56 Å². The topological polar surface area (TPSA) is 85.1 Å². The fraction of sp³-hybridized carbons (Fsp3) is 0.143. The van der Waals surface area contributed by atoms with Gasteiger partial charge in [0.25, 0.3) is 5.91 Å². The first-order valence-electron chi connectivity index (χ1n) is 6.08. The molecule has 0 saturated heterocycles. The molecular formula is C14H12ClN3O3. The Kier molecular flexibility index (Phi) is 4.18. The summed E-state index contributed by atoms with van der Waals surface area (Å²) in [6.45, 7) is 3.69. The number of amides is 1. The lowest BCUT2D eigenvalue weighted by atomic mass is 10.0. The van der Waals surface area contributed by atoms with Crippen LogP contribution in [0, 0.1) is 24.0 Å². The van der Waals surface area contributed by atoms with Crippen molar-refractivity contribution in [2.24, 2.45) is 0 Å². The zero-order chi connectivity index (χ0) is 15.6. The molecule has 1 amide bonds. The highest BCUT2D eigenvalue weighted by Gasteiger charge is 2.19. The van der Waals surface area contributed by atoms with E-state index in [-0.39, 0.29) is 16.7 Å². The van der Waals surface area contributed by atoms with E-state index in [1.165, 1.54) is 12.1 Å². The number of anilines is 1. The number of carbonyl (C=O) groups is 1. The normalized spacial score (nSPS) is 10.2. The highest BCUT2D eigenvalue weighted by molar-refractivity contribution is 6.29. The van der Waals surface area contributed by atoms with Crippen molar-refractivity contribution in [1.82, 2.24) is 4.98 Å². The number of rotatable bonds is 3. The van der Waals surface area contributed by atoms with Gasteiger partial charge >= 0.3 is 5.69 Å². The van der Waals surface area contributed by atoms with Gasteiger partial charge in [-0.2, -0.15) is 0 Å². The molecule has 7 heteroatoms. The van der Waals surface area contributed by atoms with Gasteiger partial charge in [0.15, 0.2) is 0 Å². The van der Waals surface area contributed by atoms with Gasteiger partial charge in [-0.05, 0) is 37.1 Å². The molecular weight excluding hydrogens is 294 g/mol. The predicted molar refractivity (Wildman–Crippen MR) is 79.8 cm³/mol. The molecule has 1 aromatic heterocycles. The highest BCUT2D eigenvalue weighted by Crippen LogP contribution is 2.25. The van der Waals surface area contributed by atoms with Gasteiger partial charge in [-0.1, -0.05) is 23.7 Å². The number of aryl methyl sites for hydroxylation is 1. The minimum absolute atomic E-state index is 0.0665. The van der Waals surface area contributed by atoms with Crippen LogP contribution in [0.5, 0.6) is 0 Å². The van der Waals surface area contributed by atoms with E-state index >= 15 is 0 Å². The second-order valence-corrected chi connectivity index (χ2v) is 4.85. The lowest BCUT2D eigenvalue weighted by Gasteiger charge is -2.09. The van der Waals surface area contributed by atoms with Crippen molar-refractivity contribution in [2.75, 3.05) is 5.32 Å². The summed E-state index contributed by atoms with van der Waals surface area (Å²) in [7, 11) is 0. The number of nitrogens with one attached hydrogen (secondary N) is 1. The van der Waals surface area contributed by atoms with Gasteiger partial charge in [0.2, 0.25) is 5.82 Å². The smallest absolute Gasteiger partial charge is 0.301 e. The molecule has 0 aliphatic rings. The van der Waals surface area contributed by atoms with E-state index < -0.39 is 10.8 Å². The van der Waals surface area contributed by atoms with Crippen LogP contribution >= 0.6 is 11.6 Å².